The van der Waals surface area contributed by atoms with Crippen LogP contribution in [0, 0.1) is 0 Å². The van der Waals surface area contributed by atoms with E-state index in [1.54, 1.807) is 7.11 Å². The smallest absolute Gasteiger partial charge is 0.172 e. The van der Waals surface area contributed by atoms with E-state index in [0.717, 1.165) is 11.3 Å². The number of rotatable bonds is 8. The number of nitrogens with two attached hydrogens (primary N) is 1. The molecule has 0 aliphatic carbocycles. The largest absolute Gasteiger partial charge is 0.493 e. The average Bonchev–Trinajstić information content (AvgIpc) is 3.16. The Morgan fingerprint density at radius 2 is 1.88 bits per heavy atom. The maximum atomic E-state index is 6.30. The summed E-state index contributed by atoms with van der Waals surface area (Å²) in [6.07, 6.45) is 0. The van der Waals surface area contributed by atoms with E-state index >= 15 is 0 Å². The molecule has 1 atom stereocenters. The molecule has 0 aliphatic rings. The first-order valence-corrected chi connectivity index (χ1v) is 8.36. The number of benzene rings is 2. The SMILES string of the molecule is CCOc1ccc([C@H](N)c2n[nH]c(COc3ccccc3)n2)cc1OC. The van der Waals surface area contributed by atoms with Crippen molar-refractivity contribution in [1.29, 1.82) is 0 Å². The Bertz CT molecular complexity index is 836. The van der Waals surface area contributed by atoms with Crippen LogP contribution >= 0.6 is 0 Å². The minimum atomic E-state index is -0.485. The molecule has 0 saturated heterocycles. The summed E-state index contributed by atoms with van der Waals surface area (Å²) in [5, 5.41) is 7.07. The molecule has 0 bridgehead atoms. The van der Waals surface area contributed by atoms with Crippen molar-refractivity contribution >= 4 is 0 Å². The summed E-state index contributed by atoms with van der Waals surface area (Å²) < 4.78 is 16.6. The summed E-state index contributed by atoms with van der Waals surface area (Å²) in [6, 6.07) is 14.6. The quantitative estimate of drug-likeness (QED) is 0.646. The van der Waals surface area contributed by atoms with E-state index in [9.17, 15) is 0 Å². The number of nitrogens with zero attached hydrogens (tertiary/aromatic N) is 2. The average molecular weight is 354 g/mol. The standard InChI is InChI=1S/C19H22N4O3/c1-3-25-15-10-9-13(11-16(15)24-2)18(20)19-21-17(22-23-19)12-26-14-7-5-4-6-8-14/h4-11,18H,3,12,20H2,1-2H3,(H,21,22,23)/t18-/m0/s1. The lowest BCUT2D eigenvalue weighted by Gasteiger charge is -2.13. The van der Waals surface area contributed by atoms with E-state index in [0.29, 0.717) is 29.8 Å². The van der Waals surface area contributed by atoms with Crippen molar-refractivity contribution in [2.45, 2.75) is 19.6 Å². The van der Waals surface area contributed by atoms with Gasteiger partial charge in [0.05, 0.1) is 19.8 Å². The molecular weight excluding hydrogens is 332 g/mol. The molecule has 7 nitrogen and oxygen atoms in total. The van der Waals surface area contributed by atoms with Crippen LogP contribution in [0.4, 0.5) is 0 Å². The van der Waals surface area contributed by atoms with Gasteiger partial charge in [-0.25, -0.2) is 4.98 Å². The highest BCUT2D eigenvalue weighted by Crippen LogP contribution is 2.31. The zero-order valence-electron chi connectivity index (χ0n) is 14.8. The Hall–Kier alpha value is -3.06. The highest BCUT2D eigenvalue weighted by atomic mass is 16.5. The molecule has 1 aromatic heterocycles. The van der Waals surface area contributed by atoms with Crippen LogP contribution in [0.25, 0.3) is 0 Å². The van der Waals surface area contributed by atoms with Gasteiger partial charge in [-0.15, -0.1) is 0 Å². The molecule has 136 valence electrons. The number of hydrogen-bond donors (Lipinski definition) is 2. The maximum Gasteiger partial charge on any atom is 0.172 e. The molecule has 0 unspecified atom stereocenters. The van der Waals surface area contributed by atoms with E-state index in [1.165, 1.54) is 0 Å². The van der Waals surface area contributed by atoms with Gasteiger partial charge >= 0.3 is 0 Å². The van der Waals surface area contributed by atoms with Crippen LogP contribution in [0.15, 0.2) is 48.5 Å². The Kier molecular flexibility index (Phi) is 5.70. The molecule has 0 spiro atoms. The van der Waals surface area contributed by atoms with Gasteiger partial charge in [0, 0.05) is 0 Å². The molecule has 3 aromatic rings. The summed E-state index contributed by atoms with van der Waals surface area (Å²) >= 11 is 0. The molecule has 0 radical (unpaired) electrons. The van der Waals surface area contributed by atoms with Crippen molar-refractivity contribution in [3.8, 4) is 17.2 Å². The van der Waals surface area contributed by atoms with Crippen LogP contribution in [-0.4, -0.2) is 28.9 Å². The summed E-state index contributed by atoms with van der Waals surface area (Å²) in [7, 11) is 1.60. The minimum Gasteiger partial charge on any atom is -0.493 e. The number of aromatic amines is 1. The van der Waals surface area contributed by atoms with Crippen molar-refractivity contribution in [2.24, 2.45) is 5.73 Å². The maximum absolute atomic E-state index is 6.30. The van der Waals surface area contributed by atoms with Crippen molar-refractivity contribution in [3.63, 3.8) is 0 Å². The molecule has 1 heterocycles. The van der Waals surface area contributed by atoms with Gasteiger partial charge in [0.1, 0.15) is 12.4 Å². The first-order chi connectivity index (χ1) is 12.7. The fourth-order valence-corrected chi connectivity index (χ4v) is 2.48. The van der Waals surface area contributed by atoms with Crippen LogP contribution in [0.3, 0.4) is 0 Å². The zero-order chi connectivity index (χ0) is 18.4. The third kappa shape index (κ3) is 4.12. The molecule has 2 aromatic carbocycles. The molecule has 0 amide bonds. The van der Waals surface area contributed by atoms with E-state index in [2.05, 4.69) is 15.2 Å². The van der Waals surface area contributed by atoms with Crippen molar-refractivity contribution in [1.82, 2.24) is 15.2 Å². The highest BCUT2D eigenvalue weighted by molar-refractivity contribution is 5.44. The predicted molar refractivity (Wildman–Crippen MR) is 97.4 cm³/mol. The predicted octanol–water partition coefficient (Wildman–Crippen LogP) is 2.84. The third-order valence-corrected chi connectivity index (χ3v) is 3.79. The summed E-state index contributed by atoms with van der Waals surface area (Å²) in [5.74, 6) is 3.17. The van der Waals surface area contributed by atoms with E-state index in [1.807, 2.05) is 55.5 Å². The first-order valence-electron chi connectivity index (χ1n) is 8.36. The molecule has 7 heteroatoms. The zero-order valence-corrected chi connectivity index (χ0v) is 14.8. The number of hydrogen-bond acceptors (Lipinski definition) is 6. The van der Waals surface area contributed by atoms with Gasteiger partial charge in [0.25, 0.3) is 0 Å². The van der Waals surface area contributed by atoms with Crippen LogP contribution in [0.5, 0.6) is 17.2 Å². The molecule has 0 fully saturated rings. The van der Waals surface area contributed by atoms with Gasteiger partial charge in [0.15, 0.2) is 23.1 Å². The summed E-state index contributed by atoms with van der Waals surface area (Å²) in [5.41, 5.74) is 7.14. The van der Waals surface area contributed by atoms with Gasteiger partial charge < -0.3 is 19.9 Å². The van der Waals surface area contributed by atoms with E-state index < -0.39 is 6.04 Å². The molecule has 26 heavy (non-hydrogen) atoms. The third-order valence-electron chi connectivity index (χ3n) is 3.79. The normalized spacial score (nSPS) is 11.8. The van der Waals surface area contributed by atoms with Gasteiger partial charge in [0.2, 0.25) is 0 Å². The van der Waals surface area contributed by atoms with Gasteiger partial charge in [-0.2, -0.15) is 5.10 Å². The van der Waals surface area contributed by atoms with E-state index in [4.69, 9.17) is 19.9 Å². The highest BCUT2D eigenvalue weighted by Gasteiger charge is 2.17. The fourth-order valence-electron chi connectivity index (χ4n) is 2.48. The lowest BCUT2D eigenvalue weighted by molar-refractivity contribution is 0.296. The summed E-state index contributed by atoms with van der Waals surface area (Å²) in [4.78, 5) is 4.43. The first kappa shape index (κ1) is 17.8. The number of nitrogens with one attached hydrogen (secondary N) is 1. The number of methoxy groups -OCH3 is 1. The fraction of sp³-hybridized carbons (Fsp3) is 0.263. The second-order valence-electron chi connectivity index (χ2n) is 5.56. The second kappa shape index (κ2) is 8.35. The minimum absolute atomic E-state index is 0.288. The van der Waals surface area contributed by atoms with Crippen LogP contribution in [0.2, 0.25) is 0 Å². The lowest BCUT2D eigenvalue weighted by atomic mass is 10.1. The van der Waals surface area contributed by atoms with Crippen molar-refractivity contribution in [3.05, 3.63) is 65.7 Å². The molecule has 0 aliphatic heterocycles. The number of para-hydroxylation sites is 1. The van der Waals surface area contributed by atoms with Gasteiger partial charge in [-0.1, -0.05) is 24.3 Å². The monoisotopic (exact) mass is 354 g/mol. The van der Waals surface area contributed by atoms with Crippen LogP contribution < -0.4 is 19.9 Å². The number of H-pyrrole nitrogens is 1. The van der Waals surface area contributed by atoms with E-state index in [-0.39, 0.29) is 6.61 Å². The number of ether oxygens (including phenoxy) is 3. The van der Waals surface area contributed by atoms with Crippen LogP contribution in [-0.2, 0) is 6.61 Å². The van der Waals surface area contributed by atoms with Crippen LogP contribution in [0.1, 0.15) is 30.2 Å². The molecular formula is C19H22N4O3. The Labute approximate surface area is 152 Å². The lowest BCUT2D eigenvalue weighted by Crippen LogP contribution is -2.14. The Balaban J connectivity index is 1.70. The second-order valence-corrected chi connectivity index (χ2v) is 5.56. The van der Waals surface area contributed by atoms with Crippen molar-refractivity contribution in [2.75, 3.05) is 13.7 Å². The topological polar surface area (TPSA) is 95.3 Å². The molecule has 0 saturated carbocycles. The molecule has 3 rings (SSSR count). The Morgan fingerprint density at radius 3 is 2.62 bits per heavy atom. The van der Waals surface area contributed by atoms with Crippen molar-refractivity contribution < 1.29 is 14.2 Å². The van der Waals surface area contributed by atoms with Gasteiger partial charge in [-0.05, 0) is 36.8 Å². The number of aromatic nitrogens is 3. The summed E-state index contributed by atoms with van der Waals surface area (Å²) in [6.45, 7) is 2.77. The Morgan fingerprint density at radius 1 is 1.08 bits per heavy atom. The van der Waals surface area contributed by atoms with Gasteiger partial charge in [-0.3, -0.25) is 5.10 Å². The molecule has 3 N–H and O–H groups in total.